The largest absolute Gasteiger partial charge is 0.488 e. The molecule has 0 bridgehead atoms. The fourth-order valence-corrected chi connectivity index (χ4v) is 8.87. The number of hydrogen-bond acceptors (Lipinski definition) is 12. The molecule has 2 aromatic heterocycles. The Kier molecular flexibility index (Phi) is 16.3. The third kappa shape index (κ3) is 11.2. The number of anilines is 2. The van der Waals surface area contributed by atoms with Crippen LogP contribution < -0.4 is 14.1 Å². The van der Waals surface area contributed by atoms with Gasteiger partial charge in [-0.15, -0.1) is 0 Å². The topological polar surface area (TPSA) is 210 Å². The number of benzene rings is 4. The number of carbonyl (C=O) groups excluding carboxylic acids is 4. The summed E-state index contributed by atoms with van der Waals surface area (Å²) in [6.07, 6.45) is 4.35. The van der Waals surface area contributed by atoms with Gasteiger partial charge in [-0.25, -0.2) is 16.8 Å². The van der Waals surface area contributed by atoms with Gasteiger partial charge in [-0.2, -0.15) is 0 Å². The number of ketones is 2. The summed E-state index contributed by atoms with van der Waals surface area (Å²) in [5, 5.41) is 18.6. The van der Waals surface area contributed by atoms with Crippen LogP contribution in [-0.2, 0) is 20.0 Å². The highest BCUT2D eigenvalue weighted by Gasteiger charge is 2.25. The average molecular weight is 1100 g/mol. The third-order valence-corrected chi connectivity index (χ3v) is 13.4. The number of fused-ring (bicyclic) bond motifs is 2. The van der Waals surface area contributed by atoms with E-state index >= 15 is 0 Å². The van der Waals surface area contributed by atoms with Gasteiger partial charge >= 0.3 is 7.12 Å². The summed E-state index contributed by atoms with van der Waals surface area (Å²) in [6.45, 7) is 3.55. The number of carbonyl (C=O) groups is 4. The van der Waals surface area contributed by atoms with Gasteiger partial charge in [0.1, 0.15) is 29.5 Å². The summed E-state index contributed by atoms with van der Waals surface area (Å²) in [7, 11) is -5.40. The van der Waals surface area contributed by atoms with Gasteiger partial charge in [-0.05, 0) is 49.5 Å². The van der Waals surface area contributed by atoms with Gasteiger partial charge in [-0.1, -0.05) is 62.4 Å². The minimum atomic E-state index is -3.47. The molecule has 2 N–H and O–H groups in total. The molecule has 0 radical (unpaired) electrons. The highest BCUT2D eigenvalue weighted by Crippen LogP contribution is 2.40. The van der Waals surface area contributed by atoms with E-state index in [4.69, 9.17) is 18.9 Å². The number of aldehydes is 2. The average Bonchev–Trinajstić information content (AvgIpc) is 3.74. The van der Waals surface area contributed by atoms with Crippen molar-refractivity contribution in [3.63, 3.8) is 0 Å². The first kappa shape index (κ1) is 48.5. The van der Waals surface area contributed by atoms with Gasteiger partial charge in [0.05, 0.1) is 35.0 Å². The molecule has 60 heavy (non-hydrogen) atoms. The molecule has 0 atom stereocenters. The van der Waals surface area contributed by atoms with Gasteiger partial charge < -0.3 is 18.9 Å². The molecule has 6 rings (SSSR count). The van der Waals surface area contributed by atoms with Crippen LogP contribution in [-0.4, -0.2) is 84.7 Å². The zero-order valence-electron chi connectivity index (χ0n) is 32.9. The molecule has 0 spiro atoms. The highest BCUT2D eigenvalue weighted by atomic mass is 127. The van der Waals surface area contributed by atoms with E-state index in [2.05, 4.69) is 31.9 Å². The molecule has 4 aromatic carbocycles. The summed E-state index contributed by atoms with van der Waals surface area (Å²) >= 11 is 8.74. The lowest BCUT2D eigenvalue weighted by molar-refractivity contribution is 0.0980. The van der Waals surface area contributed by atoms with Crippen molar-refractivity contribution in [1.29, 1.82) is 0 Å². The number of halogens is 3. The summed E-state index contributed by atoms with van der Waals surface area (Å²) in [4.78, 5) is 45.7. The van der Waals surface area contributed by atoms with E-state index in [0.29, 0.717) is 97.8 Å². The monoisotopic (exact) mass is 1100 g/mol. The SMILES string of the molecule is CCC(=O)c1c(-c2ccc(C=O)cc2)oc2cc(N(C)S(C)(=O)=O)c(Br)cc12.CCC(=O)c1c(I)oc2cc(N(C)S(C)(=O)=O)c(Br)cc12.O=Cc1ccc(B(O)O)cc1. The minimum absolute atomic E-state index is 0.00531. The predicted octanol–water partition coefficient (Wildman–Crippen LogP) is 7.63. The maximum absolute atomic E-state index is 12.7. The van der Waals surface area contributed by atoms with Gasteiger partial charge in [0.15, 0.2) is 15.3 Å². The van der Waals surface area contributed by atoms with Crippen molar-refractivity contribution < 1.29 is 54.9 Å². The summed E-state index contributed by atoms with van der Waals surface area (Å²) in [5.74, 6) is 0.295. The van der Waals surface area contributed by atoms with Crippen LogP contribution in [0.4, 0.5) is 11.4 Å². The van der Waals surface area contributed by atoms with Crippen molar-refractivity contribution in [2.24, 2.45) is 0 Å². The Labute approximate surface area is 377 Å². The second kappa shape index (κ2) is 20.1. The second-order valence-electron chi connectivity index (χ2n) is 13.1. The Bertz CT molecular complexity index is 2810. The van der Waals surface area contributed by atoms with Crippen LogP contribution in [0.3, 0.4) is 0 Å². The van der Waals surface area contributed by atoms with E-state index < -0.39 is 27.2 Å². The van der Waals surface area contributed by atoms with Gasteiger partial charge in [0.2, 0.25) is 20.0 Å². The number of nitrogens with zero attached hydrogens (tertiary/aromatic N) is 2. The van der Waals surface area contributed by atoms with Gasteiger partial charge in [0.25, 0.3) is 0 Å². The number of rotatable bonds is 12. The van der Waals surface area contributed by atoms with Crippen molar-refractivity contribution in [3.05, 3.63) is 108 Å². The number of furan rings is 2. The molecule has 14 nitrogen and oxygen atoms in total. The third-order valence-electron chi connectivity index (χ3n) is 9.02. The fourth-order valence-electron chi connectivity index (χ4n) is 5.57. The lowest BCUT2D eigenvalue weighted by atomic mass is 9.80. The van der Waals surface area contributed by atoms with Crippen molar-refractivity contribution in [3.8, 4) is 11.3 Å². The normalized spacial score (nSPS) is 11.2. The van der Waals surface area contributed by atoms with Crippen LogP contribution in [0.25, 0.3) is 33.3 Å². The van der Waals surface area contributed by atoms with Crippen LogP contribution in [0.15, 0.2) is 90.6 Å². The zero-order chi connectivity index (χ0) is 44.9. The lowest BCUT2D eigenvalue weighted by Crippen LogP contribution is -2.29. The van der Waals surface area contributed by atoms with Crippen molar-refractivity contribution >= 4 is 145 Å². The summed E-state index contributed by atoms with van der Waals surface area (Å²) in [6, 6.07) is 19.4. The molecule has 0 saturated carbocycles. The molecule has 0 amide bonds. The number of hydrogen-bond donors (Lipinski definition) is 2. The molecular weight excluding hydrogens is 1060 g/mol. The number of sulfonamides is 2. The zero-order valence-corrected chi connectivity index (χ0v) is 39.9. The standard InChI is InChI=1S/C20H18BrNO5S.C13H13BrINO4S.C7H7BO3/c1-4-17(24)19-14-9-15(21)16(22(2)28(3,25)26)10-18(14)27-20(19)13-7-5-12(11-23)6-8-13;1-4-10(17)12-7-5-8(14)9(16(2)21(3,18)19)6-11(7)20-13(12)15;9-5-6-1-3-7(4-2-6)8(10)11/h5-11H,4H2,1-3H3;5-6H,4H2,1-3H3;1-5,10-11H. The Morgan fingerprint density at radius 1 is 0.700 bits per heavy atom. The minimum Gasteiger partial charge on any atom is -0.455 e. The smallest absolute Gasteiger partial charge is 0.455 e. The quantitative estimate of drug-likeness (QED) is 0.0525. The first-order valence-corrected chi connectivity index (χ1v) is 24.0. The maximum Gasteiger partial charge on any atom is 0.488 e. The van der Waals surface area contributed by atoms with Crippen LogP contribution in [0.2, 0.25) is 0 Å². The molecule has 6 aromatic rings. The van der Waals surface area contributed by atoms with Crippen LogP contribution in [0.1, 0.15) is 68.1 Å². The molecule has 0 aliphatic carbocycles. The van der Waals surface area contributed by atoms with E-state index in [1.807, 2.05) is 22.6 Å². The highest BCUT2D eigenvalue weighted by molar-refractivity contribution is 14.1. The Balaban J connectivity index is 0.000000217. The molecule has 0 saturated heterocycles. The summed E-state index contributed by atoms with van der Waals surface area (Å²) < 4.78 is 62.7. The molecule has 0 fully saturated rings. The van der Waals surface area contributed by atoms with Crippen LogP contribution in [0, 0.1) is 3.77 Å². The van der Waals surface area contributed by atoms with Crippen molar-refractivity contribution in [1.82, 2.24) is 0 Å². The molecule has 0 unspecified atom stereocenters. The summed E-state index contributed by atoms with van der Waals surface area (Å²) in [5.41, 5.74) is 4.83. The van der Waals surface area contributed by atoms with Crippen LogP contribution in [0.5, 0.6) is 0 Å². The van der Waals surface area contributed by atoms with Crippen molar-refractivity contribution in [2.45, 2.75) is 26.7 Å². The molecule has 0 aliphatic heterocycles. The Morgan fingerprint density at radius 2 is 1.10 bits per heavy atom. The van der Waals surface area contributed by atoms with Crippen molar-refractivity contribution in [2.75, 3.05) is 35.2 Å². The fraction of sp³-hybridized carbons (Fsp3) is 0.200. The van der Waals surface area contributed by atoms with E-state index in [0.717, 1.165) is 27.4 Å². The van der Waals surface area contributed by atoms with E-state index in [9.17, 15) is 36.0 Å². The van der Waals surface area contributed by atoms with Gasteiger partial charge in [0, 0.05) is 98.1 Å². The number of Topliss-reactive ketones (excluding diaryl/α,β-unsaturated/α-hetero) is 2. The predicted molar refractivity (Wildman–Crippen MR) is 249 cm³/mol. The second-order valence-corrected chi connectivity index (χ2v) is 19.8. The molecule has 20 heteroatoms. The maximum atomic E-state index is 12.7. The van der Waals surface area contributed by atoms with E-state index in [-0.39, 0.29) is 18.0 Å². The molecule has 316 valence electrons. The van der Waals surface area contributed by atoms with Crippen LogP contribution >= 0.6 is 54.5 Å². The first-order valence-electron chi connectivity index (χ1n) is 17.7. The van der Waals surface area contributed by atoms with E-state index in [1.165, 1.54) is 38.4 Å². The molecular formula is C40H38BBr2IN2O12S2. The molecule has 2 heterocycles. The Hall–Kier alpha value is -4.19. The van der Waals surface area contributed by atoms with E-state index in [1.54, 1.807) is 62.4 Å². The van der Waals surface area contributed by atoms with Gasteiger partial charge in [-0.3, -0.25) is 27.8 Å². The lowest BCUT2D eigenvalue weighted by Gasteiger charge is -2.18. The first-order chi connectivity index (χ1) is 28.1. The Morgan fingerprint density at radius 3 is 1.50 bits per heavy atom. The molecule has 0 aliphatic rings.